The van der Waals surface area contributed by atoms with E-state index in [1.165, 1.54) is 18.2 Å². The van der Waals surface area contributed by atoms with Gasteiger partial charge in [-0.25, -0.2) is 13.1 Å². The molecule has 0 fully saturated rings. The van der Waals surface area contributed by atoms with Crippen molar-refractivity contribution in [1.82, 2.24) is 25.2 Å². The fraction of sp³-hybridized carbons (Fsp3) is 0.364. The lowest BCUT2D eigenvalue weighted by Gasteiger charge is -2.21. The number of pyridine rings is 1. The lowest BCUT2D eigenvalue weighted by atomic mass is 10.0. The predicted molar refractivity (Wildman–Crippen MR) is 124 cm³/mol. The molecule has 11 heteroatoms. The zero-order valence-corrected chi connectivity index (χ0v) is 20.5. The average molecular weight is 492 g/mol. The molecular formula is C22H26ClN5O4S. The topological polar surface area (TPSA) is 127 Å². The Morgan fingerprint density at radius 3 is 2.52 bits per heavy atom. The van der Waals surface area contributed by atoms with Gasteiger partial charge in [0.25, 0.3) is 5.91 Å². The number of amides is 1. The van der Waals surface area contributed by atoms with Crippen molar-refractivity contribution in [2.24, 2.45) is 5.92 Å². The van der Waals surface area contributed by atoms with Crippen molar-refractivity contribution in [1.29, 1.82) is 0 Å². The number of carbonyl (C=O) groups excluding carboxylic acids is 1. The first-order valence-electron chi connectivity index (χ1n) is 10.3. The Balaban J connectivity index is 1.87. The van der Waals surface area contributed by atoms with Crippen LogP contribution in [0.4, 0.5) is 0 Å². The van der Waals surface area contributed by atoms with Crippen LogP contribution in [-0.4, -0.2) is 35.0 Å². The monoisotopic (exact) mass is 491 g/mol. The Morgan fingerprint density at radius 1 is 1.18 bits per heavy atom. The number of rotatable bonds is 7. The van der Waals surface area contributed by atoms with E-state index < -0.39 is 27.5 Å². The highest BCUT2D eigenvalue weighted by Gasteiger charge is 2.28. The second-order valence-electron chi connectivity index (χ2n) is 8.89. The van der Waals surface area contributed by atoms with Gasteiger partial charge in [-0.3, -0.25) is 9.78 Å². The molecular weight excluding hydrogens is 466 g/mol. The van der Waals surface area contributed by atoms with Crippen LogP contribution in [0, 0.1) is 5.92 Å². The van der Waals surface area contributed by atoms with Crippen LogP contribution in [0.15, 0.2) is 52.1 Å². The molecule has 1 unspecified atom stereocenters. The van der Waals surface area contributed by atoms with Gasteiger partial charge in [-0.05, 0) is 57.0 Å². The number of nitrogens with zero attached hydrogens (tertiary/aromatic N) is 3. The van der Waals surface area contributed by atoms with Gasteiger partial charge in [-0.15, -0.1) is 0 Å². The van der Waals surface area contributed by atoms with E-state index >= 15 is 0 Å². The van der Waals surface area contributed by atoms with Gasteiger partial charge in [0.2, 0.25) is 21.7 Å². The maximum atomic E-state index is 13.0. The van der Waals surface area contributed by atoms with E-state index in [2.05, 4.69) is 25.2 Å². The van der Waals surface area contributed by atoms with E-state index in [9.17, 15) is 13.2 Å². The van der Waals surface area contributed by atoms with Crippen LogP contribution in [0.2, 0.25) is 5.02 Å². The molecule has 2 heterocycles. The molecule has 0 bridgehead atoms. The minimum atomic E-state index is -3.94. The maximum absolute atomic E-state index is 13.0. The summed E-state index contributed by atoms with van der Waals surface area (Å²) in [6.45, 7) is 8.93. The van der Waals surface area contributed by atoms with Crippen molar-refractivity contribution < 1.29 is 17.7 Å². The lowest BCUT2D eigenvalue weighted by Crippen LogP contribution is -2.40. The van der Waals surface area contributed by atoms with Gasteiger partial charge in [-0.2, -0.15) is 4.98 Å². The molecule has 2 N–H and O–H groups in total. The number of aromatic nitrogens is 3. The third-order valence-corrected chi connectivity index (χ3v) is 6.74. The van der Waals surface area contributed by atoms with Crippen molar-refractivity contribution in [2.45, 2.75) is 51.1 Å². The number of benzene rings is 1. The number of carbonyl (C=O) groups is 1. The van der Waals surface area contributed by atoms with Crippen LogP contribution in [-0.2, 0) is 10.0 Å². The summed E-state index contributed by atoms with van der Waals surface area (Å²) in [5, 5.41) is 6.85. The van der Waals surface area contributed by atoms with Crippen LogP contribution >= 0.6 is 11.6 Å². The Labute approximate surface area is 198 Å². The molecule has 0 aliphatic rings. The normalized spacial score (nSPS) is 13.2. The first kappa shape index (κ1) is 24.8. The van der Waals surface area contributed by atoms with Gasteiger partial charge in [0.1, 0.15) is 10.9 Å². The molecule has 176 valence electrons. The van der Waals surface area contributed by atoms with Gasteiger partial charge in [0, 0.05) is 29.1 Å². The minimum absolute atomic E-state index is 0.0155. The quantitative estimate of drug-likeness (QED) is 0.511. The van der Waals surface area contributed by atoms with E-state index in [1.807, 2.05) is 13.8 Å². The summed E-state index contributed by atoms with van der Waals surface area (Å²) in [5.74, 6) is -0.00699. The third kappa shape index (κ3) is 6.16. The summed E-state index contributed by atoms with van der Waals surface area (Å²) >= 11 is 6.14. The average Bonchev–Trinajstić information content (AvgIpc) is 3.20. The van der Waals surface area contributed by atoms with Gasteiger partial charge in [0.05, 0.1) is 5.02 Å². The van der Waals surface area contributed by atoms with Gasteiger partial charge in [-0.1, -0.05) is 30.6 Å². The SMILES string of the molecule is CC(C)C(NC(=O)c1ccc(Cl)c(S(=O)(=O)NC(C)(C)C)c1)c1nc(-c2cccnc2)no1. The molecule has 1 aromatic carbocycles. The van der Waals surface area contributed by atoms with Crippen molar-refractivity contribution in [3.05, 3.63) is 59.2 Å². The Hall–Kier alpha value is -2.82. The van der Waals surface area contributed by atoms with Gasteiger partial charge >= 0.3 is 0 Å². The van der Waals surface area contributed by atoms with Crippen molar-refractivity contribution >= 4 is 27.5 Å². The maximum Gasteiger partial charge on any atom is 0.251 e. The molecule has 0 radical (unpaired) electrons. The molecule has 2 aromatic heterocycles. The van der Waals surface area contributed by atoms with Crippen molar-refractivity contribution in [3.8, 4) is 11.4 Å². The highest BCUT2D eigenvalue weighted by Crippen LogP contribution is 2.26. The zero-order valence-electron chi connectivity index (χ0n) is 19.0. The molecule has 3 rings (SSSR count). The standard InChI is InChI=1S/C22H26ClN5O4S/c1-13(2)18(21-26-19(27-32-21)15-7-6-10-24-12-15)25-20(29)14-8-9-16(23)17(11-14)33(30,31)28-22(3,4)5/h6-13,18,28H,1-5H3,(H,25,29). The van der Waals surface area contributed by atoms with E-state index in [0.29, 0.717) is 11.4 Å². The molecule has 1 atom stereocenters. The minimum Gasteiger partial charge on any atom is -0.340 e. The summed E-state index contributed by atoms with van der Waals surface area (Å²) in [6, 6.07) is 7.04. The largest absolute Gasteiger partial charge is 0.340 e. The summed E-state index contributed by atoms with van der Waals surface area (Å²) in [5.41, 5.74) is 0.0965. The zero-order chi connectivity index (χ0) is 24.4. The van der Waals surface area contributed by atoms with E-state index in [0.717, 1.165) is 0 Å². The summed E-state index contributed by atoms with van der Waals surface area (Å²) in [6.07, 6.45) is 3.25. The smallest absolute Gasteiger partial charge is 0.251 e. The Morgan fingerprint density at radius 2 is 1.91 bits per heavy atom. The first-order chi connectivity index (χ1) is 15.4. The van der Waals surface area contributed by atoms with Crippen LogP contribution < -0.4 is 10.0 Å². The molecule has 0 saturated heterocycles. The van der Waals surface area contributed by atoms with Crippen LogP contribution in [0.25, 0.3) is 11.4 Å². The van der Waals surface area contributed by atoms with Crippen LogP contribution in [0.1, 0.15) is 56.9 Å². The predicted octanol–water partition coefficient (Wildman–Crippen LogP) is 3.99. The molecule has 0 aliphatic carbocycles. The molecule has 33 heavy (non-hydrogen) atoms. The van der Waals surface area contributed by atoms with Gasteiger partial charge < -0.3 is 9.84 Å². The van der Waals surface area contributed by atoms with Crippen LogP contribution in [0.5, 0.6) is 0 Å². The Bertz CT molecular complexity index is 1240. The Kier molecular flexibility index (Phi) is 7.20. The molecule has 1 amide bonds. The molecule has 0 aliphatic heterocycles. The molecule has 0 saturated carbocycles. The van der Waals surface area contributed by atoms with E-state index in [1.54, 1.807) is 45.3 Å². The fourth-order valence-corrected chi connectivity index (χ4v) is 4.97. The highest BCUT2D eigenvalue weighted by atomic mass is 35.5. The molecule has 9 nitrogen and oxygen atoms in total. The van der Waals surface area contributed by atoms with Gasteiger partial charge in [0.15, 0.2) is 0 Å². The lowest BCUT2D eigenvalue weighted by molar-refractivity contribution is 0.0913. The summed E-state index contributed by atoms with van der Waals surface area (Å²) < 4.78 is 33.5. The van der Waals surface area contributed by atoms with Crippen LogP contribution in [0.3, 0.4) is 0 Å². The highest BCUT2D eigenvalue weighted by molar-refractivity contribution is 7.89. The summed E-state index contributed by atoms with van der Waals surface area (Å²) in [4.78, 5) is 21.3. The second kappa shape index (κ2) is 9.58. The number of hydrogen-bond acceptors (Lipinski definition) is 7. The third-order valence-electron chi connectivity index (χ3n) is 4.50. The van der Waals surface area contributed by atoms with Crippen molar-refractivity contribution in [3.63, 3.8) is 0 Å². The van der Waals surface area contributed by atoms with E-state index in [-0.39, 0.29) is 27.3 Å². The number of nitrogens with one attached hydrogen (secondary N) is 2. The number of halogens is 1. The molecule has 0 spiro atoms. The second-order valence-corrected chi connectivity index (χ2v) is 11.0. The molecule has 3 aromatic rings. The summed E-state index contributed by atoms with van der Waals surface area (Å²) in [7, 11) is -3.94. The first-order valence-corrected chi connectivity index (χ1v) is 12.1. The fourth-order valence-electron chi connectivity index (χ4n) is 3.02. The number of sulfonamides is 1. The number of hydrogen-bond donors (Lipinski definition) is 2. The van der Waals surface area contributed by atoms with E-state index in [4.69, 9.17) is 16.1 Å². The van der Waals surface area contributed by atoms with Crippen molar-refractivity contribution in [2.75, 3.05) is 0 Å².